The average molecular weight is 287 g/mol. The van der Waals surface area contributed by atoms with Crippen molar-refractivity contribution in [1.82, 2.24) is 15.2 Å². The van der Waals surface area contributed by atoms with Crippen molar-refractivity contribution in [1.29, 1.82) is 0 Å². The summed E-state index contributed by atoms with van der Waals surface area (Å²) in [5.74, 6) is -0.234. The molecule has 1 spiro atoms. The van der Waals surface area contributed by atoms with Crippen molar-refractivity contribution in [2.24, 2.45) is 5.41 Å². The molecule has 1 atom stereocenters. The molecule has 1 aromatic rings. The topological polar surface area (TPSA) is 62.3 Å². The Labute approximate surface area is 124 Å². The normalized spacial score (nSPS) is 20.9. The van der Waals surface area contributed by atoms with E-state index >= 15 is 0 Å². The Morgan fingerprint density at radius 2 is 2.00 bits per heavy atom. The summed E-state index contributed by atoms with van der Waals surface area (Å²) in [5.41, 5.74) is 1.03. The van der Waals surface area contributed by atoms with Crippen molar-refractivity contribution in [2.75, 3.05) is 13.1 Å². The predicted molar refractivity (Wildman–Crippen MR) is 78.6 cm³/mol. The third-order valence-corrected chi connectivity index (χ3v) is 4.73. The van der Waals surface area contributed by atoms with Gasteiger partial charge in [0.05, 0.1) is 5.56 Å². The number of likely N-dealkylation sites (tertiary alicyclic amines) is 1. The summed E-state index contributed by atoms with van der Waals surface area (Å²) in [6.45, 7) is 3.40. The molecule has 112 valence electrons. The number of hydrogen-bond acceptors (Lipinski definition) is 3. The second-order valence-electron chi connectivity index (χ2n) is 6.26. The summed E-state index contributed by atoms with van der Waals surface area (Å²) >= 11 is 0. The van der Waals surface area contributed by atoms with Crippen molar-refractivity contribution < 1.29 is 9.59 Å². The lowest BCUT2D eigenvalue weighted by Crippen LogP contribution is -2.49. The summed E-state index contributed by atoms with van der Waals surface area (Å²) in [6, 6.07) is 2.91. The molecule has 2 aliphatic rings. The number of nitrogens with zero attached hydrogens (tertiary/aromatic N) is 2. The van der Waals surface area contributed by atoms with Crippen LogP contribution in [-0.2, 0) is 4.79 Å². The smallest absolute Gasteiger partial charge is 0.253 e. The molecule has 21 heavy (non-hydrogen) atoms. The molecular formula is C16H21N3O2. The molecule has 2 fully saturated rings. The van der Waals surface area contributed by atoms with Crippen LogP contribution < -0.4 is 5.32 Å². The van der Waals surface area contributed by atoms with Gasteiger partial charge in [0, 0.05) is 25.5 Å². The largest absolute Gasteiger partial charge is 0.341 e. The third kappa shape index (κ3) is 3.06. The number of hydrogen-bond donors (Lipinski definition) is 1. The van der Waals surface area contributed by atoms with E-state index in [4.69, 9.17) is 0 Å². The van der Waals surface area contributed by atoms with Crippen LogP contribution >= 0.6 is 0 Å². The minimum Gasteiger partial charge on any atom is -0.341 e. The van der Waals surface area contributed by atoms with Crippen molar-refractivity contribution in [3.63, 3.8) is 0 Å². The van der Waals surface area contributed by atoms with Crippen LogP contribution in [0.2, 0.25) is 0 Å². The highest BCUT2D eigenvalue weighted by atomic mass is 16.2. The lowest BCUT2D eigenvalue weighted by molar-refractivity contribution is -0.134. The van der Waals surface area contributed by atoms with Crippen molar-refractivity contribution in [2.45, 2.75) is 38.6 Å². The fourth-order valence-corrected chi connectivity index (χ4v) is 2.99. The van der Waals surface area contributed by atoms with Crippen LogP contribution in [0.25, 0.3) is 0 Å². The molecule has 1 N–H and O–H groups in total. The minimum absolute atomic E-state index is 0.0164. The van der Waals surface area contributed by atoms with Gasteiger partial charge < -0.3 is 10.2 Å². The van der Waals surface area contributed by atoms with Crippen LogP contribution in [0, 0.1) is 5.41 Å². The van der Waals surface area contributed by atoms with Gasteiger partial charge in [-0.3, -0.25) is 14.6 Å². The van der Waals surface area contributed by atoms with E-state index in [0.717, 1.165) is 25.9 Å². The summed E-state index contributed by atoms with van der Waals surface area (Å²) in [6.07, 6.45) is 7.99. The summed E-state index contributed by atoms with van der Waals surface area (Å²) in [5, 5.41) is 2.76. The second kappa shape index (κ2) is 5.47. The maximum Gasteiger partial charge on any atom is 0.253 e. The van der Waals surface area contributed by atoms with Gasteiger partial charge in [0.15, 0.2) is 0 Å². The minimum atomic E-state index is -0.494. The number of amides is 2. The average Bonchev–Trinajstić information content (AvgIpc) is 3.27. The molecule has 0 radical (unpaired) electrons. The Balaban J connectivity index is 1.54. The second-order valence-corrected chi connectivity index (χ2v) is 6.26. The Hall–Kier alpha value is -1.91. The zero-order chi connectivity index (χ0) is 14.9. The van der Waals surface area contributed by atoms with Crippen LogP contribution in [0.5, 0.6) is 0 Å². The molecule has 1 aliphatic carbocycles. The molecule has 0 bridgehead atoms. The molecule has 1 saturated carbocycles. The van der Waals surface area contributed by atoms with Crippen LogP contribution in [-0.4, -0.2) is 40.8 Å². The van der Waals surface area contributed by atoms with E-state index in [1.165, 1.54) is 19.0 Å². The summed E-state index contributed by atoms with van der Waals surface area (Å²) < 4.78 is 0. The van der Waals surface area contributed by atoms with Crippen molar-refractivity contribution in [3.05, 3.63) is 30.1 Å². The molecule has 3 rings (SSSR count). The van der Waals surface area contributed by atoms with E-state index in [0.29, 0.717) is 11.0 Å². The SMILES string of the molecule is C[C@@H](NC(=O)c1cccnc1)C(=O)N1CCC2(CC1)CC2. The first-order valence-corrected chi connectivity index (χ1v) is 7.59. The van der Waals surface area contributed by atoms with Crippen LogP contribution in [0.15, 0.2) is 24.5 Å². The molecule has 1 saturated heterocycles. The fourth-order valence-electron chi connectivity index (χ4n) is 2.99. The lowest BCUT2D eigenvalue weighted by Gasteiger charge is -2.33. The maximum absolute atomic E-state index is 12.4. The summed E-state index contributed by atoms with van der Waals surface area (Å²) in [7, 11) is 0. The van der Waals surface area contributed by atoms with Gasteiger partial charge in [0.1, 0.15) is 6.04 Å². The third-order valence-electron chi connectivity index (χ3n) is 4.73. The number of aromatic nitrogens is 1. The maximum atomic E-state index is 12.4. The standard InChI is InChI=1S/C16H21N3O2/c1-12(18-14(20)13-3-2-8-17-11-13)15(21)19-9-6-16(4-5-16)7-10-19/h2-3,8,11-12H,4-7,9-10H2,1H3,(H,18,20)/t12-/m1/s1. The van der Waals surface area contributed by atoms with Crippen LogP contribution in [0.4, 0.5) is 0 Å². The van der Waals surface area contributed by atoms with E-state index in [-0.39, 0.29) is 11.8 Å². The molecule has 5 heteroatoms. The summed E-state index contributed by atoms with van der Waals surface area (Å²) in [4.78, 5) is 30.2. The molecule has 0 aromatic carbocycles. The van der Waals surface area contributed by atoms with Gasteiger partial charge in [-0.15, -0.1) is 0 Å². The van der Waals surface area contributed by atoms with Gasteiger partial charge >= 0.3 is 0 Å². The Bertz CT molecular complexity index is 530. The number of carbonyl (C=O) groups is 2. The van der Waals surface area contributed by atoms with Gasteiger partial charge in [0.25, 0.3) is 5.91 Å². The van der Waals surface area contributed by atoms with Crippen LogP contribution in [0.3, 0.4) is 0 Å². The number of carbonyl (C=O) groups excluding carboxylic acids is 2. The number of piperidine rings is 1. The first-order valence-electron chi connectivity index (χ1n) is 7.59. The molecule has 2 heterocycles. The van der Waals surface area contributed by atoms with E-state index in [2.05, 4.69) is 10.3 Å². The first-order chi connectivity index (χ1) is 10.1. The highest BCUT2D eigenvalue weighted by Gasteiger charge is 2.45. The lowest BCUT2D eigenvalue weighted by atomic mass is 9.93. The quantitative estimate of drug-likeness (QED) is 0.918. The monoisotopic (exact) mass is 287 g/mol. The molecule has 1 aliphatic heterocycles. The molecule has 0 unspecified atom stereocenters. The first kappa shape index (κ1) is 14.0. The highest BCUT2D eigenvalue weighted by Crippen LogP contribution is 2.53. The zero-order valence-electron chi connectivity index (χ0n) is 12.3. The highest BCUT2D eigenvalue weighted by molar-refractivity contribution is 5.97. The molecule has 5 nitrogen and oxygen atoms in total. The Morgan fingerprint density at radius 1 is 1.29 bits per heavy atom. The molecular weight excluding hydrogens is 266 g/mol. The van der Waals surface area contributed by atoms with Crippen molar-refractivity contribution >= 4 is 11.8 Å². The number of nitrogens with one attached hydrogen (secondary N) is 1. The van der Waals surface area contributed by atoms with E-state index in [9.17, 15) is 9.59 Å². The van der Waals surface area contributed by atoms with Gasteiger partial charge in [-0.25, -0.2) is 0 Å². The molecule has 2 amide bonds. The van der Waals surface area contributed by atoms with Gasteiger partial charge in [-0.05, 0) is 50.2 Å². The van der Waals surface area contributed by atoms with Crippen molar-refractivity contribution in [3.8, 4) is 0 Å². The zero-order valence-corrected chi connectivity index (χ0v) is 12.3. The van der Waals surface area contributed by atoms with E-state index in [1.54, 1.807) is 25.3 Å². The van der Waals surface area contributed by atoms with E-state index in [1.807, 2.05) is 4.90 Å². The number of rotatable bonds is 3. The Morgan fingerprint density at radius 3 is 2.57 bits per heavy atom. The number of pyridine rings is 1. The van der Waals surface area contributed by atoms with Gasteiger partial charge in [-0.2, -0.15) is 0 Å². The Kier molecular flexibility index (Phi) is 3.66. The van der Waals surface area contributed by atoms with E-state index < -0.39 is 6.04 Å². The van der Waals surface area contributed by atoms with Gasteiger partial charge in [0.2, 0.25) is 5.91 Å². The van der Waals surface area contributed by atoms with Gasteiger partial charge in [-0.1, -0.05) is 0 Å². The fraction of sp³-hybridized carbons (Fsp3) is 0.562. The molecule has 1 aromatic heterocycles. The predicted octanol–water partition coefficient (Wildman–Crippen LogP) is 1.60. The van der Waals surface area contributed by atoms with Crippen LogP contribution in [0.1, 0.15) is 43.0 Å².